The minimum absolute atomic E-state index is 0.341. The molecule has 0 amide bonds. The molecule has 0 aliphatic heterocycles. The first-order chi connectivity index (χ1) is 8.62. The number of esters is 1. The monoisotopic (exact) mass is 314 g/mol. The summed E-state index contributed by atoms with van der Waals surface area (Å²) in [4.78, 5) is 11.4. The summed E-state index contributed by atoms with van der Waals surface area (Å²) in [5.74, 6) is 0.851. The van der Waals surface area contributed by atoms with E-state index in [1.807, 2.05) is 6.07 Å². The summed E-state index contributed by atoms with van der Waals surface area (Å²) in [6.07, 6.45) is 1.67. The summed E-state index contributed by atoms with van der Waals surface area (Å²) < 4.78 is 15.5. The number of hydrogen-bond donors (Lipinski definition) is 0. The van der Waals surface area contributed by atoms with Crippen LogP contribution in [-0.2, 0) is 9.53 Å². The van der Waals surface area contributed by atoms with Crippen LogP contribution in [0.2, 0.25) is 0 Å². The molecule has 0 unspecified atom stereocenters. The Hall–Kier alpha value is -1.49. The Morgan fingerprint density at radius 2 is 1.94 bits per heavy atom. The van der Waals surface area contributed by atoms with Crippen molar-refractivity contribution in [3.63, 3.8) is 0 Å². The molecule has 0 spiro atoms. The first kappa shape index (κ1) is 14.6. The summed E-state index contributed by atoms with van der Waals surface area (Å²) >= 11 is 3.18. The van der Waals surface area contributed by atoms with Crippen molar-refractivity contribution in [1.82, 2.24) is 0 Å². The van der Waals surface area contributed by atoms with Crippen molar-refractivity contribution in [2.75, 3.05) is 20.8 Å². The van der Waals surface area contributed by atoms with E-state index in [4.69, 9.17) is 14.2 Å². The van der Waals surface area contributed by atoms with Gasteiger partial charge >= 0.3 is 5.97 Å². The highest BCUT2D eigenvalue weighted by atomic mass is 79.9. The molecule has 1 aromatic carbocycles. The molecule has 0 saturated heterocycles. The van der Waals surface area contributed by atoms with E-state index in [1.54, 1.807) is 39.4 Å². The number of rotatable bonds is 5. The largest absolute Gasteiger partial charge is 0.493 e. The fourth-order valence-electron chi connectivity index (χ4n) is 1.35. The van der Waals surface area contributed by atoms with Crippen molar-refractivity contribution >= 4 is 28.0 Å². The molecule has 0 bridgehead atoms. The Morgan fingerprint density at radius 1 is 1.28 bits per heavy atom. The third-order valence-corrected chi connectivity index (χ3v) is 2.72. The normalized spacial score (nSPS) is 11.0. The standard InChI is InChI=1S/C13H15BrO4/c1-4-18-13(15)10(14)7-9-5-6-11(16-2)12(8-9)17-3/h5-8H,4H2,1-3H3. The summed E-state index contributed by atoms with van der Waals surface area (Å²) in [5.41, 5.74) is 0.813. The predicted octanol–water partition coefficient (Wildman–Crippen LogP) is 3.00. The van der Waals surface area contributed by atoms with Crippen molar-refractivity contribution < 1.29 is 19.0 Å². The average Bonchev–Trinajstić information content (AvgIpc) is 2.38. The molecule has 0 aliphatic carbocycles. The number of ether oxygens (including phenoxy) is 3. The third kappa shape index (κ3) is 3.77. The molecule has 0 fully saturated rings. The number of benzene rings is 1. The van der Waals surface area contributed by atoms with E-state index in [-0.39, 0.29) is 0 Å². The Kier molecular flexibility index (Phi) is 5.71. The fraction of sp³-hybridized carbons (Fsp3) is 0.308. The van der Waals surface area contributed by atoms with Gasteiger partial charge in [-0.2, -0.15) is 0 Å². The van der Waals surface area contributed by atoms with Gasteiger partial charge in [-0.15, -0.1) is 0 Å². The van der Waals surface area contributed by atoms with Crippen LogP contribution >= 0.6 is 15.9 Å². The van der Waals surface area contributed by atoms with Crippen LogP contribution in [0.5, 0.6) is 11.5 Å². The van der Waals surface area contributed by atoms with Crippen LogP contribution in [0.3, 0.4) is 0 Å². The van der Waals surface area contributed by atoms with Gasteiger partial charge in [-0.1, -0.05) is 6.07 Å². The zero-order valence-electron chi connectivity index (χ0n) is 10.5. The van der Waals surface area contributed by atoms with E-state index < -0.39 is 5.97 Å². The predicted molar refractivity (Wildman–Crippen MR) is 73.1 cm³/mol. The van der Waals surface area contributed by atoms with Gasteiger partial charge in [0.25, 0.3) is 0 Å². The molecular weight excluding hydrogens is 300 g/mol. The molecule has 0 atom stereocenters. The highest BCUT2D eigenvalue weighted by molar-refractivity contribution is 9.12. The Labute approximate surface area is 115 Å². The Balaban J connectivity index is 2.97. The molecule has 0 heterocycles. The lowest BCUT2D eigenvalue weighted by molar-refractivity contribution is -0.137. The quantitative estimate of drug-likeness (QED) is 0.619. The first-order valence-electron chi connectivity index (χ1n) is 5.38. The van der Waals surface area contributed by atoms with Gasteiger partial charge in [-0.3, -0.25) is 0 Å². The van der Waals surface area contributed by atoms with Gasteiger partial charge < -0.3 is 14.2 Å². The van der Waals surface area contributed by atoms with Gasteiger partial charge in [0, 0.05) is 0 Å². The minimum atomic E-state index is -0.396. The second-order valence-electron chi connectivity index (χ2n) is 3.33. The second-order valence-corrected chi connectivity index (χ2v) is 4.18. The van der Waals surface area contributed by atoms with Crippen molar-refractivity contribution in [3.05, 3.63) is 28.2 Å². The lowest BCUT2D eigenvalue weighted by atomic mass is 10.2. The fourth-order valence-corrected chi connectivity index (χ4v) is 1.73. The van der Waals surface area contributed by atoms with Crippen molar-refractivity contribution in [3.8, 4) is 11.5 Å². The Morgan fingerprint density at radius 3 is 2.50 bits per heavy atom. The van der Waals surface area contributed by atoms with E-state index in [0.29, 0.717) is 22.6 Å². The van der Waals surface area contributed by atoms with E-state index in [0.717, 1.165) is 5.56 Å². The number of carbonyl (C=O) groups is 1. The van der Waals surface area contributed by atoms with Crippen molar-refractivity contribution in [2.24, 2.45) is 0 Å². The van der Waals surface area contributed by atoms with E-state index in [1.165, 1.54) is 0 Å². The second kappa shape index (κ2) is 7.06. The maximum absolute atomic E-state index is 11.4. The number of hydrogen-bond acceptors (Lipinski definition) is 4. The summed E-state index contributed by atoms with van der Waals surface area (Å²) in [7, 11) is 3.13. The molecule has 1 aromatic rings. The zero-order valence-corrected chi connectivity index (χ0v) is 12.1. The molecule has 5 heteroatoms. The van der Waals surface area contributed by atoms with Gasteiger partial charge in [0.2, 0.25) is 0 Å². The summed E-state index contributed by atoms with van der Waals surface area (Å²) in [5, 5.41) is 0. The van der Waals surface area contributed by atoms with Gasteiger partial charge in [-0.05, 0) is 46.6 Å². The van der Waals surface area contributed by atoms with Crippen LogP contribution in [0, 0.1) is 0 Å². The minimum Gasteiger partial charge on any atom is -0.493 e. The van der Waals surface area contributed by atoms with E-state index in [2.05, 4.69) is 15.9 Å². The lowest BCUT2D eigenvalue weighted by Crippen LogP contribution is -2.03. The molecule has 0 saturated carbocycles. The number of methoxy groups -OCH3 is 2. The van der Waals surface area contributed by atoms with E-state index >= 15 is 0 Å². The molecule has 18 heavy (non-hydrogen) atoms. The zero-order chi connectivity index (χ0) is 13.5. The average molecular weight is 315 g/mol. The smallest absolute Gasteiger partial charge is 0.345 e. The van der Waals surface area contributed by atoms with Crippen LogP contribution in [0.15, 0.2) is 22.7 Å². The molecular formula is C13H15BrO4. The van der Waals surface area contributed by atoms with Gasteiger partial charge in [0.1, 0.15) is 4.48 Å². The highest BCUT2D eigenvalue weighted by Crippen LogP contribution is 2.28. The molecule has 4 nitrogen and oxygen atoms in total. The molecule has 0 aromatic heterocycles. The lowest BCUT2D eigenvalue weighted by Gasteiger charge is -2.08. The van der Waals surface area contributed by atoms with Crippen molar-refractivity contribution in [2.45, 2.75) is 6.92 Å². The molecule has 1 rings (SSSR count). The SMILES string of the molecule is CCOC(=O)C(Br)=Cc1ccc(OC)c(OC)c1. The molecule has 0 radical (unpaired) electrons. The third-order valence-electron chi connectivity index (χ3n) is 2.17. The Bertz CT molecular complexity index is 454. The maximum Gasteiger partial charge on any atom is 0.345 e. The molecule has 98 valence electrons. The van der Waals surface area contributed by atoms with Crippen LogP contribution in [0.25, 0.3) is 6.08 Å². The number of halogens is 1. The van der Waals surface area contributed by atoms with Crippen molar-refractivity contribution in [1.29, 1.82) is 0 Å². The molecule has 0 aliphatic rings. The van der Waals surface area contributed by atoms with Crippen LogP contribution in [-0.4, -0.2) is 26.8 Å². The van der Waals surface area contributed by atoms with Gasteiger partial charge in [-0.25, -0.2) is 4.79 Å². The van der Waals surface area contributed by atoms with Gasteiger partial charge in [0.15, 0.2) is 11.5 Å². The van der Waals surface area contributed by atoms with Crippen LogP contribution < -0.4 is 9.47 Å². The van der Waals surface area contributed by atoms with Crippen LogP contribution in [0.1, 0.15) is 12.5 Å². The summed E-state index contributed by atoms with van der Waals surface area (Å²) in [6.45, 7) is 2.10. The highest BCUT2D eigenvalue weighted by Gasteiger charge is 2.08. The topological polar surface area (TPSA) is 44.8 Å². The van der Waals surface area contributed by atoms with Gasteiger partial charge in [0.05, 0.1) is 20.8 Å². The molecule has 0 N–H and O–H groups in total. The van der Waals surface area contributed by atoms with E-state index in [9.17, 15) is 4.79 Å². The number of carbonyl (C=O) groups excluding carboxylic acids is 1. The first-order valence-corrected chi connectivity index (χ1v) is 6.18. The van der Waals surface area contributed by atoms with Crippen LogP contribution in [0.4, 0.5) is 0 Å². The summed E-state index contributed by atoms with van der Waals surface area (Å²) in [6, 6.07) is 5.37. The maximum atomic E-state index is 11.4.